The Morgan fingerprint density at radius 1 is 1.23 bits per heavy atom. The third-order valence-corrected chi connectivity index (χ3v) is 6.96. The number of thiophene rings is 1. The second-order valence-electron chi connectivity index (χ2n) is 7.89. The Morgan fingerprint density at radius 2 is 2.06 bits per heavy atom. The molecule has 7 nitrogen and oxygen atoms in total. The Morgan fingerprint density at radius 3 is 2.94 bits per heavy atom. The van der Waals surface area contributed by atoms with E-state index >= 15 is 0 Å². The summed E-state index contributed by atoms with van der Waals surface area (Å²) in [6, 6.07) is 6.66. The third kappa shape index (κ3) is 3.67. The van der Waals surface area contributed by atoms with Gasteiger partial charge >= 0.3 is 5.63 Å². The summed E-state index contributed by atoms with van der Waals surface area (Å²) >= 11 is 1.62. The summed E-state index contributed by atoms with van der Waals surface area (Å²) in [5.41, 5.74) is 2.44. The standard InChI is InChI=1S/C23H21N3O4S/c1-13-10-20(28)30-17-11-14(6-7-15(13)17)25-19(27)8-9-26-12-24-22-21(23(26)29)16-4-2-3-5-18(16)31-22/h6-7,10-12H,2-5,8-9H2,1H3,(H,25,27). The molecule has 31 heavy (non-hydrogen) atoms. The van der Waals surface area contributed by atoms with Gasteiger partial charge in [-0.2, -0.15) is 0 Å². The fourth-order valence-electron chi connectivity index (χ4n) is 4.19. The van der Waals surface area contributed by atoms with Crippen LogP contribution in [0.25, 0.3) is 21.2 Å². The lowest BCUT2D eigenvalue weighted by atomic mass is 9.97. The molecule has 1 amide bonds. The van der Waals surface area contributed by atoms with E-state index in [1.54, 1.807) is 23.5 Å². The van der Waals surface area contributed by atoms with Crippen LogP contribution >= 0.6 is 11.3 Å². The second kappa shape index (κ2) is 7.77. The number of carbonyl (C=O) groups excluding carboxylic acids is 1. The Labute approximate surface area is 181 Å². The molecule has 1 N–H and O–H groups in total. The second-order valence-corrected chi connectivity index (χ2v) is 8.98. The normalized spacial score (nSPS) is 13.5. The molecule has 0 radical (unpaired) electrons. The zero-order valence-electron chi connectivity index (χ0n) is 17.1. The highest BCUT2D eigenvalue weighted by Gasteiger charge is 2.20. The number of nitrogens with one attached hydrogen (secondary N) is 1. The van der Waals surface area contributed by atoms with Crippen LogP contribution in [0.15, 0.2) is 44.6 Å². The molecule has 0 bridgehead atoms. The fourth-order valence-corrected chi connectivity index (χ4v) is 5.41. The van der Waals surface area contributed by atoms with Crippen molar-refractivity contribution in [3.63, 3.8) is 0 Å². The first-order chi connectivity index (χ1) is 15.0. The molecule has 0 unspecified atom stereocenters. The zero-order chi connectivity index (χ0) is 21.5. The van der Waals surface area contributed by atoms with Crippen molar-refractivity contribution in [1.82, 2.24) is 9.55 Å². The molecule has 0 fully saturated rings. The van der Waals surface area contributed by atoms with Crippen LogP contribution in [0.3, 0.4) is 0 Å². The van der Waals surface area contributed by atoms with Gasteiger partial charge in [0.25, 0.3) is 5.56 Å². The SMILES string of the molecule is Cc1cc(=O)oc2cc(NC(=O)CCn3cnc4sc5c(c4c3=O)CCCC5)ccc12. The lowest BCUT2D eigenvalue weighted by Gasteiger charge is -2.11. The van der Waals surface area contributed by atoms with E-state index < -0.39 is 5.63 Å². The number of amides is 1. The van der Waals surface area contributed by atoms with Crippen LogP contribution < -0.4 is 16.5 Å². The lowest BCUT2D eigenvalue weighted by molar-refractivity contribution is -0.116. The summed E-state index contributed by atoms with van der Waals surface area (Å²) < 4.78 is 6.75. The van der Waals surface area contributed by atoms with Crippen LogP contribution in [-0.4, -0.2) is 15.5 Å². The molecule has 5 rings (SSSR count). The molecule has 8 heteroatoms. The molecule has 3 heterocycles. The van der Waals surface area contributed by atoms with Gasteiger partial charge in [-0.3, -0.25) is 14.2 Å². The Balaban J connectivity index is 1.33. The smallest absolute Gasteiger partial charge is 0.336 e. The number of aromatic nitrogens is 2. The van der Waals surface area contributed by atoms with Crippen molar-refractivity contribution in [2.24, 2.45) is 0 Å². The number of nitrogens with zero attached hydrogens (tertiary/aromatic N) is 2. The van der Waals surface area contributed by atoms with Gasteiger partial charge in [-0.05, 0) is 55.9 Å². The lowest BCUT2D eigenvalue weighted by Crippen LogP contribution is -2.24. The van der Waals surface area contributed by atoms with Gasteiger partial charge < -0.3 is 9.73 Å². The predicted molar refractivity (Wildman–Crippen MR) is 121 cm³/mol. The Kier molecular flexibility index (Phi) is 4.94. The average Bonchev–Trinajstić information content (AvgIpc) is 3.12. The molecule has 1 aromatic carbocycles. The van der Waals surface area contributed by atoms with Crippen LogP contribution in [0.1, 0.15) is 35.3 Å². The van der Waals surface area contributed by atoms with Gasteiger partial charge in [-0.15, -0.1) is 11.3 Å². The van der Waals surface area contributed by atoms with E-state index in [2.05, 4.69) is 10.3 Å². The molecule has 1 aliphatic rings. The van der Waals surface area contributed by atoms with Crippen LogP contribution in [0.5, 0.6) is 0 Å². The summed E-state index contributed by atoms with van der Waals surface area (Å²) in [5, 5.41) is 4.36. The van der Waals surface area contributed by atoms with E-state index in [4.69, 9.17) is 4.42 Å². The minimum absolute atomic E-state index is 0.0693. The van der Waals surface area contributed by atoms with E-state index in [9.17, 15) is 14.4 Å². The minimum Gasteiger partial charge on any atom is -0.423 e. The molecule has 4 aromatic rings. The van der Waals surface area contributed by atoms with Crippen LogP contribution in [0, 0.1) is 6.92 Å². The van der Waals surface area contributed by atoms with Crippen LogP contribution in [0.4, 0.5) is 5.69 Å². The summed E-state index contributed by atoms with van der Waals surface area (Å²) in [7, 11) is 0. The maximum absolute atomic E-state index is 13.0. The Bertz CT molecular complexity index is 1450. The van der Waals surface area contributed by atoms with Gasteiger partial charge in [0.05, 0.1) is 11.7 Å². The van der Waals surface area contributed by atoms with Gasteiger partial charge in [-0.1, -0.05) is 0 Å². The number of aryl methyl sites for hydroxylation is 4. The monoisotopic (exact) mass is 435 g/mol. The summed E-state index contributed by atoms with van der Waals surface area (Å²) in [6.07, 6.45) is 5.87. The number of hydrogen-bond donors (Lipinski definition) is 1. The van der Waals surface area contributed by atoms with Crippen molar-refractivity contribution in [3.8, 4) is 0 Å². The highest BCUT2D eigenvalue weighted by molar-refractivity contribution is 7.18. The minimum atomic E-state index is -0.425. The number of rotatable bonds is 4. The van der Waals surface area contributed by atoms with E-state index in [0.29, 0.717) is 11.3 Å². The largest absolute Gasteiger partial charge is 0.423 e. The number of hydrogen-bond acceptors (Lipinski definition) is 6. The third-order valence-electron chi connectivity index (χ3n) is 5.76. The predicted octanol–water partition coefficient (Wildman–Crippen LogP) is 3.78. The maximum Gasteiger partial charge on any atom is 0.336 e. The zero-order valence-corrected chi connectivity index (χ0v) is 17.9. The Hall–Kier alpha value is -3.26. The number of carbonyl (C=O) groups is 1. The van der Waals surface area contributed by atoms with Crippen molar-refractivity contribution in [2.75, 3.05) is 5.32 Å². The first-order valence-electron chi connectivity index (χ1n) is 10.3. The van der Waals surface area contributed by atoms with Crippen LogP contribution in [0.2, 0.25) is 0 Å². The summed E-state index contributed by atoms with van der Waals surface area (Å²) in [6.45, 7) is 2.09. The topological polar surface area (TPSA) is 94.2 Å². The number of anilines is 1. The maximum atomic E-state index is 13.0. The molecular weight excluding hydrogens is 414 g/mol. The van der Waals surface area contributed by atoms with E-state index in [1.807, 2.05) is 13.0 Å². The number of fused-ring (bicyclic) bond motifs is 4. The molecule has 0 atom stereocenters. The van der Waals surface area contributed by atoms with Gasteiger partial charge in [0.1, 0.15) is 10.4 Å². The first kappa shape index (κ1) is 19.7. The van der Waals surface area contributed by atoms with Crippen molar-refractivity contribution < 1.29 is 9.21 Å². The van der Waals surface area contributed by atoms with Crippen molar-refractivity contribution >= 4 is 44.1 Å². The highest BCUT2D eigenvalue weighted by Crippen LogP contribution is 2.33. The molecule has 0 saturated carbocycles. The van der Waals surface area contributed by atoms with Gasteiger partial charge in [-0.25, -0.2) is 9.78 Å². The van der Waals surface area contributed by atoms with E-state index in [0.717, 1.165) is 52.4 Å². The molecule has 3 aromatic heterocycles. The number of benzene rings is 1. The van der Waals surface area contributed by atoms with E-state index in [1.165, 1.54) is 21.8 Å². The van der Waals surface area contributed by atoms with Gasteiger partial charge in [0.15, 0.2) is 0 Å². The highest BCUT2D eigenvalue weighted by atomic mass is 32.1. The van der Waals surface area contributed by atoms with Gasteiger partial charge in [0.2, 0.25) is 5.91 Å². The molecular formula is C23H21N3O4S. The van der Waals surface area contributed by atoms with Crippen molar-refractivity contribution in [2.45, 2.75) is 45.6 Å². The summed E-state index contributed by atoms with van der Waals surface area (Å²) in [5.74, 6) is -0.228. The van der Waals surface area contributed by atoms with Gasteiger partial charge in [0, 0.05) is 41.0 Å². The first-order valence-corrected chi connectivity index (χ1v) is 11.2. The quantitative estimate of drug-likeness (QED) is 0.492. The summed E-state index contributed by atoms with van der Waals surface area (Å²) in [4.78, 5) is 43.6. The molecule has 1 aliphatic carbocycles. The van der Waals surface area contributed by atoms with E-state index in [-0.39, 0.29) is 24.4 Å². The molecule has 0 aliphatic heterocycles. The molecule has 158 valence electrons. The fraction of sp³-hybridized carbons (Fsp3) is 0.304. The molecule has 0 saturated heterocycles. The molecule has 0 spiro atoms. The van der Waals surface area contributed by atoms with Crippen LogP contribution in [-0.2, 0) is 24.2 Å². The average molecular weight is 436 g/mol. The van der Waals surface area contributed by atoms with Crippen molar-refractivity contribution in [1.29, 1.82) is 0 Å². The van der Waals surface area contributed by atoms with Crippen molar-refractivity contribution in [3.05, 3.63) is 67.4 Å².